The molecular formula is C15H11Cl2FN2O. The number of aliphatic hydroxyl groups is 1. The van der Waals surface area contributed by atoms with E-state index in [1.807, 2.05) is 0 Å². The van der Waals surface area contributed by atoms with Crippen LogP contribution in [0.2, 0.25) is 10.0 Å². The topological polar surface area (TPSA) is 56.0 Å². The fourth-order valence-electron chi connectivity index (χ4n) is 1.92. The van der Waals surface area contributed by atoms with E-state index >= 15 is 0 Å². The predicted molar refractivity (Wildman–Crippen MR) is 81.0 cm³/mol. The van der Waals surface area contributed by atoms with Crippen molar-refractivity contribution < 1.29 is 9.50 Å². The Labute approximate surface area is 131 Å². The van der Waals surface area contributed by atoms with Crippen LogP contribution in [0.5, 0.6) is 0 Å². The summed E-state index contributed by atoms with van der Waals surface area (Å²) in [6, 6.07) is 10.9. The Hall–Kier alpha value is -1.80. The summed E-state index contributed by atoms with van der Waals surface area (Å²) >= 11 is 12.0. The Morgan fingerprint density at radius 1 is 1.19 bits per heavy atom. The molecule has 0 amide bonds. The number of halogens is 3. The fourth-order valence-corrected chi connectivity index (χ4v) is 2.57. The molecule has 0 aromatic heterocycles. The number of anilines is 1. The molecule has 0 radical (unpaired) electrons. The fraction of sp³-hybridized carbons (Fsp3) is 0.133. The van der Waals surface area contributed by atoms with Crippen LogP contribution in [0.1, 0.15) is 17.2 Å². The molecule has 0 saturated carbocycles. The molecule has 1 atom stereocenters. The molecular weight excluding hydrogens is 314 g/mol. The average Bonchev–Trinajstić information content (AvgIpc) is 2.45. The van der Waals surface area contributed by atoms with E-state index in [4.69, 9.17) is 28.5 Å². The number of rotatable bonds is 4. The maximum Gasteiger partial charge on any atom is 0.143 e. The van der Waals surface area contributed by atoms with E-state index in [1.54, 1.807) is 30.3 Å². The third-order valence-corrected chi connectivity index (χ3v) is 3.60. The molecule has 0 bridgehead atoms. The summed E-state index contributed by atoms with van der Waals surface area (Å²) in [5.74, 6) is -0.618. The van der Waals surface area contributed by atoms with E-state index in [-0.39, 0.29) is 12.1 Å². The highest BCUT2D eigenvalue weighted by atomic mass is 35.5. The van der Waals surface area contributed by atoms with Gasteiger partial charge in [-0.2, -0.15) is 5.26 Å². The molecule has 2 N–H and O–H groups in total. The lowest BCUT2D eigenvalue weighted by molar-refractivity contribution is 0.192. The minimum absolute atomic E-state index is 0.0432. The molecule has 1 unspecified atom stereocenters. The van der Waals surface area contributed by atoms with Crippen molar-refractivity contribution in [3.63, 3.8) is 0 Å². The van der Waals surface area contributed by atoms with Gasteiger partial charge in [-0.3, -0.25) is 0 Å². The molecule has 2 rings (SSSR count). The van der Waals surface area contributed by atoms with Gasteiger partial charge in [-0.15, -0.1) is 0 Å². The van der Waals surface area contributed by atoms with Gasteiger partial charge in [0.05, 0.1) is 11.8 Å². The minimum Gasteiger partial charge on any atom is -0.386 e. The maximum atomic E-state index is 13.5. The summed E-state index contributed by atoms with van der Waals surface area (Å²) in [5, 5.41) is 22.6. The van der Waals surface area contributed by atoms with Gasteiger partial charge in [-0.05, 0) is 24.3 Å². The third kappa shape index (κ3) is 3.45. The van der Waals surface area contributed by atoms with Crippen molar-refractivity contribution in [3.8, 4) is 6.07 Å². The van der Waals surface area contributed by atoms with Gasteiger partial charge in [0.2, 0.25) is 0 Å². The van der Waals surface area contributed by atoms with Gasteiger partial charge in [-0.25, -0.2) is 4.39 Å². The molecule has 0 aliphatic heterocycles. The molecule has 2 aromatic carbocycles. The second kappa shape index (κ2) is 6.77. The molecule has 0 heterocycles. The number of hydrogen-bond donors (Lipinski definition) is 2. The molecule has 0 aliphatic rings. The van der Waals surface area contributed by atoms with E-state index in [2.05, 4.69) is 5.32 Å². The van der Waals surface area contributed by atoms with Crippen molar-refractivity contribution in [1.29, 1.82) is 5.26 Å². The molecule has 3 nitrogen and oxygen atoms in total. The van der Waals surface area contributed by atoms with Crippen LogP contribution in [0.15, 0.2) is 36.4 Å². The van der Waals surface area contributed by atoms with Crippen molar-refractivity contribution in [1.82, 2.24) is 0 Å². The SMILES string of the molecule is N#Cc1c(F)cccc1NCC(O)c1c(Cl)cccc1Cl. The Morgan fingerprint density at radius 2 is 1.81 bits per heavy atom. The molecule has 108 valence electrons. The summed E-state index contributed by atoms with van der Waals surface area (Å²) in [6.07, 6.45) is -0.985. The lowest BCUT2D eigenvalue weighted by atomic mass is 10.1. The van der Waals surface area contributed by atoms with Crippen molar-refractivity contribution in [2.75, 3.05) is 11.9 Å². The van der Waals surface area contributed by atoms with Gasteiger partial charge < -0.3 is 10.4 Å². The number of benzene rings is 2. The van der Waals surface area contributed by atoms with Gasteiger partial charge in [0.15, 0.2) is 0 Å². The number of nitrogens with zero attached hydrogens (tertiary/aromatic N) is 1. The van der Waals surface area contributed by atoms with Gasteiger partial charge in [-0.1, -0.05) is 35.3 Å². The number of nitrogens with one attached hydrogen (secondary N) is 1. The zero-order valence-electron chi connectivity index (χ0n) is 10.8. The van der Waals surface area contributed by atoms with Gasteiger partial charge in [0.1, 0.15) is 17.4 Å². The standard InChI is InChI=1S/C15H11Cl2FN2O/c16-10-3-1-4-11(17)15(10)14(21)8-20-13-6-2-5-12(18)9(13)7-19/h1-6,14,20-21H,8H2. The second-order valence-corrected chi connectivity index (χ2v) is 5.12. The summed E-state index contributed by atoms with van der Waals surface area (Å²) in [5.41, 5.74) is 0.595. The highest BCUT2D eigenvalue weighted by Crippen LogP contribution is 2.30. The first kappa shape index (κ1) is 15.6. The van der Waals surface area contributed by atoms with Crippen LogP contribution in [0.25, 0.3) is 0 Å². The van der Waals surface area contributed by atoms with Crippen molar-refractivity contribution >= 4 is 28.9 Å². The predicted octanol–water partition coefficient (Wildman–Crippen LogP) is 4.15. The van der Waals surface area contributed by atoms with Gasteiger partial charge in [0, 0.05) is 22.2 Å². The van der Waals surface area contributed by atoms with Crippen LogP contribution in [0.4, 0.5) is 10.1 Å². The zero-order valence-corrected chi connectivity index (χ0v) is 12.3. The quantitative estimate of drug-likeness (QED) is 0.888. The van der Waals surface area contributed by atoms with E-state index in [9.17, 15) is 9.50 Å². The minimum atomic E-state index is -0.985. The van der Waals surface area contributed by atoms with E-state index in [0.29, 0.717) is 21.3 Å². The normalized spacial score (nSPS) is 11.8. The van der Waals surface area contributed by atoms with E-state index < -0.39 is 11.9 Å². The number of nitriles is 1. The monoisotopic (exact) mass is 324 g/mol. The van der Waals surface area contributed by atoms with Crippen LogP contribution in [-0.4, -0.2) is 11.7 Å². The molecule has 0 aliphatic carbocycles. The average molecular weight is 325 g/mol. The number of hydrogen-bond acceptors (Lipinski definition) is 3. The summed E-state index contributed by atoms with van der Waals surface area (Å²) in [6.45, 7) is 0.0432. The Bertz CT molecular complexity index is 680. The van der Waals surface area contributed by atoms with E-state index in [1.165, 1.54) is 12.1 Å². The molecule has 6 heteroatoms. The Morgan fingerprint density at radius 3 is 2.43 bits per heavy atom. The van der Waals surface area contributed by atoms with Crippen molar-refractivity contribution in [2.45, 2.75) is 6.10 Å². The largest absolute Gasteiger partial charge is 0.386 e. The van der Waals surface area contributed by atoms with Crippen LogP contribution in [-0.2, 0) is 0 Å². The highest BCUT2D eigenvalue weighted by Gasteiger charge is 2.16. The molecule has 0 fully saturated rings. The highest BCUT2D eigenvalue weighted by molar-refractivity contribution is 6.36. The lowest BCUT2D eigenvalue weighted by Gasteiger charge is -2.16. The number of aliphatic hydroxyl groups excluding tert-OH is 1. The van der Waals surface area contributed by atoms with Crippen molar-refractivity contribution in [2.24, 2.45) is 0 Å². The smallest absolute Gasteiger partial charge is 0.143 e. The third-order valence-electron chi connectivity index (χ3n) is 2.94. The molecule has 21 heavy (non-hydrogen) atoms. The zero-order chi connectivity index (χ0) is 15.4. The van der Waals surface area contributed by atoms with Gasteiger partial charge in [0.25, 0.3) is 0 Å². The Balaban J connectivity index is 2.18. The summed E-state index contributed by atoms with van der Waals surface area (Å²) in [7, 11) is 0. The summed E-state index contributed by atoms with van der Waals surface area (Å²) in [4.78, 5) is 0. The van der Waals surface area contributed by atoms with Crippen LogP contribution in [0.3, 0.4) is 0 Å². The molecule has 0 saturated heterocycles. The molecule has 2 aromatic rings. The first-order valence-electron chi connectivity index (χ1n) is 6.09. The lowest BCUT2D eigenvalue weighted by Crippen LogP contribution is -2.14. The first-order valence-corrected chi connectivity index (χ1v) is 6.84. The molecule has 0 spiro atoms. The second-order valence-electron chi connectivity index (χ2n) is 4.31. The van der Waals surface area contributed by atoms with Gasteiger partial charge >= 0.3 is 0 Å². The van der Waals surface area contributed by atoms with Crippen LogP contribution >= 0.6 is 23.2 Å². The van der Waals surface area contributed by atoms with E-state index in [0.717, 1.165) is 0 Å². The first-order chi connectivity index (χ1) is 10.0. The van der Waals surface area contributed by atoms with Crippen LogP contribution < -0.4 is 5.32 Å². The summed E-state index contributed by atoms with van der Waals surface area (Å²) < 4.78 is 13.5. The van der Waals surface area contributed by atoms with Crippen molar-refractivity contribution in [3.05, 3.63) is 63.4 Å². The van der Waals surface area contributed by atoms with Crippen LogP contribution in [0, 0.1) is 17.1 Å². The Kier molecular flexibility index (Phi) is 5.03. The maximum absolute atomic E-state index is 13.5.